The fourth-order valence-corrected chi connectivity index (χ4v) is 3.87. The van der Waals surface area contributed by atoms with Crippen molar-refractivity contribution in [1.29, 1.82) is 0 Å². The van der Waals surface area contributed by atoms with Gasteiger partial charge < -0.3 is 0 Å². The van der Waals surface area contributed by atoms with Crippen LogP contribution < -0.4 is 0 Å². The Hall–Kier alpha value is -0.800. The fraction of sp³-hybridized carbons (Fsp3) is 0.588. The van der Waals surface area contributed by atoms with Crippen molar-refractivity contribution in [3.8, 4) is 0 Å². The van der Waals surface area contributed by atoms with Gasteiger partial charge in [-0.25, -0.2) is 8.51 Å². The van der Waals surface area contributed by atoms with Gasteiger partial charge in [-0.3, -0.25) is 0 Å². The summed E-state index contributed by atoms with van der Waals surface area (Å²) in [6.45, 7) is 12.4. The van der Waals surface area contributed by atoms with E-state index in [1.54, 1.807) is 0 Å². The first-order chi connectivity index (χ1) is 9.23. The largest absolute Gasteiger partial charge is 0.248 e. The van der Waals surface area contributed by atoms with Gasteiger partial charge in [0, 0.05) is 18.0 Å². The van der Waals surface area contributed by atoms with Crippen LogP contribution in [0.1, 0.15) is 53.0 Å². The topological polar surface area (TPSA) is 20.3 Å². The van der Waals surface area contributed by atoms with Crippen molar-refractivity contribution in [1.82, 2.24) is 4.31 Å². The van der Waals surface area contributed by atoms with Crippen molar-refractivity contribution >= 4 is 15.6 Å². The standard InChI is InChI=1S/C17H29NOS/c1-7-9-14-18(8-2)20(6,19)16-12-10-15(11-13-16)17(3,4)5/h10-13H,6-9,14H2,1-5H3. The van der Waals surface area contributed by atoms with Gasteiger partial charge in [-0.15, -0.1) is 0 Å². The average Bonchev–Trinajstić information content (AvgIpc) is 2.38. The molecule has 0 N–H and O–H groups in total. The second kappa shape index (κ2) is 6.77. The van der Waals surface area contributed by atoms with Gasteiger partial charge in [-0.2, -0.15) is 0 Å². The first-order valence-electron chi connectivity index (χ1n) is 7.46. The minimum atomic E-state index is -2.35. The van der Waals surface area contributed by atoms with Gasteiger partial charge in [0.05, 0.1) is 9.71 Å². The third-order valence-corrected chi connectivity index (χ3v) is 5.90. The maximum absolute atomic E-state index is 13.0. The molecule has 0 fully saturated rings. The summed E-state index contributed by atoms with van der Waals surface area (Å²) in [7, 11) is -2.35. The Labute approximate surface area is 125 Å². The zero-order chi connectivity index (χ0) is 15.4. The van der Waals surface area contributed by atoms with Crippen LogP contribution in [0.2, 0.25) is 0 Å². The van der Waals surface area contributed by atoms with E-state index in [9.17, 15) is 4.21 Å². The molecule has 20 heavy (non-hydrogen) atoms. The maximum atomic E-state index is 13.0. The lowest BCUT2D eigenvalue weighted by molar-refractivity contribution is 0.450. The Morgan fingerprint density at radius 2 is 1.70 bits per heavy atom. The lowest BCUT2D eigenvalue weighted by Crippen LogP contribution is -2.31. The lowest BCUT2D eigenvalue weighted by atomic mass is 9.87. The van der Waals surface area contributed by atoms with E-state index in [4.69, 9.17) is 0 Å². The predicted octanol–water partition coefficient (Wildman–Crippen LogP) is 4.10. The minimum absolute atomic E-state index is 0.118. The highest BCUT2D eigenvalue weighted by molar-refractivity contribution is 7.98. The van der Waals surface area contributed by atoms with Gasteiger partial charge >= 0.3 is 0 Å². The number of rotatable bonds is 6. The molecule has 2 nitrogen and oxygen atoms in total. The molecule has 0 saturated heterocycles. The van der Waals surface area contributed by atoms with Crippen LogP contribution in [0.5, 0.6) is 0 Å². The molecule has 0 aliphatic carbocycles. The highest BCUT2D eigenvalue weighted by Crippen LogP contribution is 2.24. The van der Waals surface area contributed by atoms with Crippen molar-refractivity contribution in [2.75, 3.05) is 13.1 Å². The van der Waals surface area contributed by atoms with Gasteiger partial charge in [0.15, 0.2) is 0 Å². The molecule has 0 heterocycles. The molecule has 0 bridgehead atoms. The second-order valence-electron chi connectivity index (χ2n) is 6.29. The van der Waals surface area contributed by atoms with Crippen molar-refractivity contribution in [3.63, 3.8) is 0 Å². The molecule has 1 aromatic carbocycles. The highest BCUT2D eigenvalue weighted by atomic mass is 32.2. The molecule has 0 aliphatic rings. The van der Waals surface area contributed by atoms with E-state index in [0.29, 0.717) is 0 Å². The zero-order valence-corrected chi connectivity index (χ0v) is 14.4. The number of benzene rings is 1. The summed E-state index contributed by atoms with van der Waals surface area (Å²) in [5.74, 6) is 4.01. The lowest BCUT2D eigenvalue weighted by Gasteiger charge is -2.26. The summed E-state index contributed by atoms with van der Waals surface area (Å²) in [6, 6.07) is 8.11. The average molecular weight is 295 g/mol. The predicted molar refractivity (Wildman–Crippen MR) is 90.8 cm³/mol. The summed E-state index contributed by atoms with van der Waals surface area (Å²) in [6.07, 6.45) is 2.16. The maximum Gasteiger partial charge on any atom is 0.0558 e. The molecule has 0 amide bonds. The van der Waals surface area contributed by atoms with Crippen LogP contribution in [0.4, 0.5) is 0 Å². The second-order valence-corrected chi connectivity index (χ2v) is 8.56. The van der Waals surface area contributed by atoms with Crippen molar-refractivity contribution < 1.29 is 4.21 Å². The summed E-state index contributed by atoms with van der Waals surface area (Å²) >= 11 is 0. The molecule has 0 radical (unpaired) electrons. The van der Waals surface area contributed by atoms with Crippen LogP contribution in [0.25, 0.3) is 0 Å². The SMILES string of the molecule is C=S(=O)(c1ccc(C(C)(C)C)cc1)N(CC)CCCC. The Kier molecular flexibility index (Phi) is 5.84. The van der Waals surface area contributed by atoms with Crippen LogP contribution in [0.15, 0.2) is 29.2 Å². The van der Waals surface area contributed by atoms with Crippen LogP contribution in [0, 0.1) is 0 Å². The molecule has 0 aromatic heterocycles. The van der Waals surface area contributed by atoms with Crippen molar-refractivity contribution in [2.45, 2.75) is 57.8 Å². The summed E-state index contributed by atoms with van der Waals surface area (Å²) in [5.41, 5.74) is 1.38. The number of hydrogen-bond acceptors (Lipinski definition) is 1. The first kappa shape index (κ1) is 17.3. The molecule has 0 saturated carbocycles. The van der Waals surface area contributed by atoms with E-state index in [2.05, 4.69) is 45.7 Å². The molecule has 1 aromatic rings. The zero-order valence-electron chi connectivity index (χ0n) is 13.6. The van der Waals surface area contributed by atoms with Crippen molar-refractivity contribution in [3.05, 3.63) is 29.8 Å². The van der Waals surface area contributed by atoms with Gasteiger partial charge in [0.25, 0.3) is 0 Å². The van der Waals surface area contributed by atoms with E-state index in [0.717, 1.165) is 30.8 Å². The highest BCUT2D eigenvalue weighted by Gasteiger charge is 2.18. The van der Waals surface area contributed by atoms with E-state index < -0.39 is 9.71 Å². The van der Waals surface area contributed by atoms with E-state index >= 15 is 0 Å². The molecule has 0 aliphatic heterocycles. The summed E-state index contributed by atoms with van der Waals surface area (Å²) in [4.78, 5) is 0.837. The minimum Gasteiger partial charge on any atom is -0.248 e. The monoisotopic (exact) mass is 295 g/mol. The van der Waals surface area contributed by atoms with E-state index in [-0.39, 0.29) is 5.41 Å². The number of hydrogen-bond donors (Lipinski definition) is 0. The quantitative estimate of drug-likeness (QED) is 0.724. The molecule has 1 unspecified atom stereocenters. The smallest absolute Gasteiger partial charge is 0.0558 e. The Morgan fingerprint density at radius 1 is 1.15 bits per heavy atom. The third-order valence-electron chi connectivity index (χ3n) is 3.62. The van der Waals surface area contributed by atoms with Crippen LogP contribution in [-0.4, -0.2) is 27.5 Å². The normalized spacial score (nSPS) is 15.3. The Morgan fingerprint density at radius 3 is 2.10 bits per heavy atom. The molecule has 3 heteroatoms. The number of unbranched alkanes of at least 4 members (excludes halogenated alkanes) is 1. The molecular weight excluding hydrogens is 266 g/mol. The molecule has 1 rings (SSSR count). The van der Waals surface area contributed by atoms with E-state index in [1.165, 1.54) is 5.56 Å². The van der Waals surface area contributed by atoms with Gasteiger partial charge in [0.2, 0.25) is 0 Å². The Balaban J connectivity index is 3.03. The van der Waals surface area contributed by atoms with Crippen LogP contribution in [-0.2, 0) is 15.1 Å². The van der Waals surface area contributed by atoms with Crippen LogP contribution in [0.3, 0.4) is 0 Å². The fourth-order valence-electron chi connectivity index (χ4n) is 2.17. The van der Waals surface area contributed by atoms with Gasteiger partial charge in [-0.1, -0.05) is 53.2 Å². The number of nitrogens with zero attached hydrogens (tertiary/aromatic N) is 1. The summed E-state index contributed by atoms with van der Waals surface area (Å²) < 4.78 is 15.0. The molecule has 1 atom stereocenters. The summed E-state index contributed by atoms with van der Waals surface area (Å²) in [5, 5.41) is 0. The van der Waals surface area contributed by atoms with Gasteiger partial charge in [0.1, 0.15) is 0 Å². The molecule has 114 valence electrons. The molecular formula is C17H29NOS. The van der Waals surface area contributed by atoms with Crippen molar-refractivity contribution in [2.24, 2.45) is 0 Å². The van der Waals surface area contributed by atoms with Crippen LogP contribution >= 0.6 is 0 Å². The van der Waals surface area contributed by atoms with Gasteiger partial charge in [-0.05, 0) is 35.4 Å². The molecule has 0 spiro atoms. The third kappa shape index (κ3) is 4.10. The first-order valence-corrected chi connectivity index (χ1v) is 9.14. The Bertz CT molecular complexity index is 509. The van der Waals surface area contributed by atoms with E-state index in [1.807, 2.05) is 23.4 Å².